The minimum atomic E-state index is -0.602. The van der Waals surface area contributed by atoms with Gasteiger partial charge in [0.25, 0.3) is 0 Å². The van der Waals surface area contributed by atoms with Gasteiger partial charge in [-0.3, -0.25) is 0 Å². The molecule has 1 fully saturated rings. The number of hydrogen-bond acceptors (Lipinski definition) is 7. The Kier molecular flexibility index (Phi) is 8.48. The van der Waals surface area contributed by atoms with Gasteiger partial charge >= 0.3 is 6.03 Å². The zero-order chi connectivity index (χ0) is 23.8. The number of aliphatic hydroxyl groups excluding tert-OH is 1. The van der Waals surface area contributed by atoms with E-state index in [4.69, 9.17) is 9.47 Å². The smallest absolute Gasteiger partial charge is 0.319 e. The van der Waals surface area contributed by atoms with Crippen LogP contribution in [0.4, 0.5) is 10.5 Å². The molecule has 2 aromatic carbocycles. The second-order valence-corrected chi connectivity index (χ2v) is 8.79. The number of hydrogen-bond donors (Lipinski definition) is 3. The Labute approximate surface area is 203 Å². The molecule has 2 amide bonds. The Morgan fingerprint density at radius 3 is 2.62 bits per heavy atom. The molecule has 3 atom stereocenters. The number of aliphatic hydroxyl groups is 1. The average Bonchev–Trinajstić information content (AvgIpc) is 2.88. The van der Waals surface area contributed by atoms with Crippen molar-refractivity contribution in [1.29, 1.82) is 0 Å². The summed E-state index contributed by atoms with van der Waals surface area (Å²) in [5.74, 6) is 0.673. The number of carbonyl (C=O) groups is 1. The molecule has 2 heterocycles. The Morgan fingerprint density at radius 2 is 1.88 bits per heavy atom. The van der Waals surface area contributed by atoms with Gasteiger partial charge in [0.05, 0.1) is 18.8 Å². The molecule has 34 heavy (non-hydrogen) atoms. The Bertz CT molecular complexity index is 1070. The molecule has 1 aliphatic heterocycles. The number of nitrogens with zero attached hydrogens (tertiary/aromatic N) is 2. The van der Waals surface area contributed by atoms with Crippen molar-refractivity contribution < 1.29 is 19.4 Å². The quantitative estimate of drug-likeness (QED) is 0.323. The van der Waals surface area contributed by atoms with Gasteiger partial charge in [-0.2, -0.15) is 0 Å². The molecule has 3 N–H and O–H groups in total. The standard InChI is InChI=1S/C25H28N4O4S/c1-2-26-24(31)29-20-6-3-5-19(13-20)23-32-21(16-34-25-27-11-4-12-28-25)14-22(33-23)18-9-7-17(15-30)8-10-18/h3-13,21-23,30H,2,14-16H2,1H3,(H2,26,29,31)/t21-,22+,23+/m0/s1. The summed E-state index contributed by atoms with van der Waals surface area (Å²) in [6.07, 6.45) is 3.23. The summed E-state index contributed by atoms with van der Waals surface area (Å²) in [7, 11) is 0. The highest BCUT2D eigenvalue weighted by atomic mass is 32.2. The molecular formula is C25H28N4O4S. The van der Waals surface area contributed by atoms with E-state index in [1.165, 1.54) is 0 Å². The van der Waals surface area contributed by atoms with Gasteiger partial charge in [0.15, 0.2) is 11.4 Å². The molecule has 0 spiro atoms. The zero-order valence-corrected chi connectivity index (χ0v) is 19.7. The fourth-order valence-electron chi connectivity index (χ4n) is 3.65. The van der Waals surface area contributed by atoms with E-state index in [0.717, 1.165) is 16.7 Å². The summed E-state index contributed by atoms with van der Waals surface area (Å²) in [6, 6.07) is 16.8. The molecule has 4 rings (SSSR count). The van der Waals surface area contributed by atoms with E-state index in [1.54, 1.807) is 30.2 Å². The first-order chi connectivity index (χ1) is 16.6. The van der Waals surface area contributed by atoms with Gasteiger partial charge < -0.3 is 25.2 Å². The fourth-order valence-corrected chi connectivity index (χ4v) is 4.47. The van der Waals surface area contributed by atoms with Crippen molar-refractivity contribution in [1.82, 2.24) is 15.3 Å². The summed E-state index contributed by atoms with van der Waals surface area (Å²) >= 11 is 1.54. The van der Waals surface area contributed by atoms with Crippen LogP contribution in [0.15, 0.2) is 72.1 Å². The van der Waals surface area contributed by atoms with E-state index in [9.17, 15) is 9.90 Å². The van der Waals surface area contributed by atoms with Crippen LogP contribution in [0.5, 0.6) is 0 Å². The third kappa shape index (κ3) is 6.54. The minimum absolute atomic E-state index is 0.000713. The number of rotatable bonds is 8. The highest BCUT2D eigenvalue weighted by Gasteiger charge is 2.32. The highest BCUT2D eigenvalue weighted by molar-refractivity contribution is 7.99. The van der Waals surface area contributed by atoms with Crippen molar-refractivity contribution in [2.24, 2.45) is 0 Å². The third-order valence-electron chi connectivity index (χ3n) is 5.31. The third-order valence-corrected chi connectivity index (χ3v) is 6.32. The summed E-state index contributed by atoms with van der Waals surface area (Å²) in [5, 5.41) is 15.6. The number of nitrogens with one attached hydrogen (secondary N) is 2. The summed E-state index contributed by atoms with van der Waals surface area (Å²) < 4.78 is 12.7. The summed E-state index contributed by atoms with van der Waals surface area (Å²) in [6.45, 7) is 2.41. The fraction of sp³-hybridized carbons (Fsp3) is 0.320. The lowest BCUT2D eigenvalue weighted by atomic mass is 10.0. The van der Waals surface area contributed by atoms with Crippen molar-refractivity contribution >= 4 is 23.5 Å². The molecule has 178 valence electrons. The Morgan fingerprint density at radius 1 is 1.09 bits per heavy atom. The predicted octanol–water partition coefficient (Wildman–Crippen LogP) is 4.45. The zero-order valence-electron chi connectivity index (χ0n) is 18.9. The lowest BCUT2D eigenvalue weighted by molar-refractivity contribution is -0.245. The number of urea groups is 1. The van der Waals surface area contributed by atoms with Crippen LogP contribution in [-0.2, 0) is 16.1 Å². The summed E-state index contributed by atoms with van der Waals surface area (Å²) in [4.78, 5) is 20.5. The Hall–Kier alpha value is -2.98. The number of thioether (sulfide) groups is 1. The van der Waals surface area contributed by atoms with Crippen LogP contribution < -0.4 is 10.6 Å². The van der Waals surface area contributed by atoms with E-state index in [2.05, 4.69) is 20.6 Å². The molecular weight excluding hydrogens is 452 g/mol. The number of amides is 2. The molecule has 0 bridgehead atoms. The maximum Gasteiger partial charge on any atom is 0.319 e. The second-order valence-electron chi connectivity index (χ2n) is 7.80. The van der Waals surface area contributed by atoms with Gasteiger partial charge in [-0.05, 0) is 36.2 Å². The number of benzene rings is 2. The number of anilines is 1. The average molecular weight is 481 g/mol. The van der Waals surface area contributed by atoms with Crippen LogP contribution in [0, 0.1) is 0 Å². The first-order valence-electron chi connectivity index (χ1n) is 11.2. The van der Waals surface area contributed by atoms with Crippen molar-refractivity contribution in [3.05, 3.63) is 83.7 Å². The molecule has 0 aliphatic carbocycles. The van der Waals surface area contributed by atoms with Crippen LogP contribution >= 0.6 is 11.8 Å². The summed E-state index contributed by atoms with van der Waals surface area (Å²) in [5.41, 5.74) is 3.35. The predicted molar refractivity (Wildman–Crippen MR) is 130 cm³/mol. The molecule has 1 aliphatic rings. The normalized spacial score (nSPS) is 20.0. The molecule has 0 radical (unpaired) electrons. The molecule has 8 nitrogen and oxygen atoms in total. The maximum absolute atomic E-state index is 11.9. The van der Waals surface area contributed by atoms with Crippen LogP contribution in [0.25, 0.3) is 0 Å². The molecule has 1 saturated heterocycles. The molecule has 9 heteroatoms. The number of aromatic nitrogens is 2. The largest absolute Gasteiger partial charge is 0.392 e. The van der Waals surface area contributed by atoms with Gasteiger partial charge in [-0.25, -0.2) is 14.8 Å². The van der Waals surface area contributed by atoms with E-state index in [1.807, 2.05) is 55.5 Å². The molecule has 3 aromatic rings. The first-order valence-corrected chi connectivity index (χ1v) is 12.2. The molecule has 0 unspecified atom stereocenters. The molecule has 0 saturated carbocycles. The topological polar surface area (TPSA) is 106 Å². The van der Waals surface area contributed by atoms with E-state index >= 15 is 0 Å². The van der Waals surface area contributed by atoms with Gasteiger partial charge in [0.2, 0.25) is 0 Å². The van der Waals surface area contributed by atoms with Crippen LogP contribution in [0.1, 0.15) is 42.4 Å². The van der Waals surface area contributed by atoms with Crippen molar-refractivity contribution in [2.45, 2.75) is 43.6 Å². The maximum atomic E-state index is 11.9. The second kappa shape index (κ2) is 11.9. The van der Waals surface area contributed by atoms with Gasteiger partial charge in [0, 0.05) is 42.4 Å². The monoisotopic (exact) mass is 480 g/mol. The lowest BCUT2D eigenvalue weighted by Crippen LogP contribution is -2.31. The van der Waals surface area contributed by atoms with Crippen molar-refractivity contribution in [3.8, 4) is 0 Å². The van der Waals surface area contributed by atoms with Crippen LogP contribution in [0.3, 0.4) is 0 Å². The van der Waals surface area contributed by atoms with Crippen molar-refractivity contribution in [2.75, 3.05) is 17.6 Å². The SMILES string of the molecule is CCNC(=O)Nc1cccc([C@@H]2O[C@H](CSc3ncccn3)C[C@H](c3ccc(CO)cc3)O2)c1. The van der Waals surface area contributed by atoms with E-state index < -0.39 is 6.29 Å². The van der Waals surface area contributed by atoms with E-state index in [-0.39, 0.29) is 24.8 Å². The van der Waals surface area contributed by atoms with Crippen LogP contribution in [-0.4, -0.2) is 39.5 Å². The van der Waals surface area contributed by atoms with Gasteiger partial charge in [-0.15, -0.1) is 0 Å². The first kappa shape index (κ1) is 24.2. The van der Waals surface area contributed by atoms with Crippen molar-refractivity contribution in [3.63, 3.8) is 0 Å². The van der Waals surface area contributed by atoms with Crippen LogP contribution in [0.2, 0.25) is 0 Å². The number of carbonyl (C=O) groups excluding carboxylic acids is 1. The van der Waals surface area contributed by atoms with Gasteiger partial charge in [-0.1, -0.05) is 48.2 Å². The minimum Gasteiger partial charge on any atom is -0.392 e. The highest BCUT2D eigenvalue weighted by Crippen LogP contribution is 2.39. The number of ether oxygens (including phenoxy) is 2. The van der Waals surface area contributed by atoms with E-state index in [0.29, 0.717) is 29.6 Å². The lowest BCUT2D eigenvalue weighted by Gasteiger charge is -2.36. The molecule has 1 aromatic heterocycles. The van der Waals surface area contributed by atoms with Gasteiger partial charge in [0.1, 0.15) is 0 Å². The Balaban J connectivity index is 1.53.